The van der Waals surface area contributed by atoms with Crippen molar-refractivity contribution >= 4 is 0 Å². The highest BCUT2D eigenvalue weighted by Crippen LogP contribution is 2.23. The summed E-state index contributed by atoms with van der Waals surface area (Å²) in [5.41, 5.74) is 6.06. The minimum absolute atomic E-state index is 0.640. The molecule has 2 N–H and O–H groups in total. The molecule has 2 saturated heterocycles. The van der Waals surface area contributed by atoms with Crippen LogP contribution in [0.2, 0.25) is 0 Å². The van der Waals surface area contributed by atoms with Crippen LogP contribution in [-0.4, -0.2) is 54.6 Å². The molecule has 0 spiro atoms. The standard InChI is InChI=1S/C17H35N3/c1-2-3-4-5-6-9-16(14-18)20-13-12-19-11-8-7-10-17(19)15-20/h16-17H,2-15,18H2,1H3. The van der Waals surface area contributed by atoms with E-state index in [1.807, 2.05) is 0 Å². The topological polar surface area (TPSA) is 32.5 Å². The molecular weight excluding hydrogens is 246 g/mol. The Kier molecular flexibility index (Phi) is 7.32. The Balaban J connectivity index is 1.70. The van der Waals surface area contributed by atoms with E-state index in [-0.39, 0.29) is 0 Å². The molecule has 0 aromatic heterocycles. The monoisotopic (exact) mass is 281 g/mol. The Labute approximate surface area is 125 Å². The van der Waals surface area contributed by atoms with Crippen LogP contribution >= 0.6 is 0 Å². The van der Waals surface area contributed by atoms with Crippen LogP contribution in [0.5, 0.6) is 0 Å². The third-order valence-corrected chi connectivity index (χ3v) is 5.30. The van der Waals surface area contributed by atoms with Crippen molar-refractivity contribution in [1.29, 1.82) is 0 Å². The number of rotatable bonds is 8. The van der Waals surface area contributed by atoms with Gasteiger partial charge in [0.15, 0.2) is 0 Å². The van der Waals surface area contributed by atoms with Gasteiger partial charge in [0.1, 0.15) is 0 Å². The number of hydrogen-bond donors (Lipinski definition) is 1. The van der Waals surface area contributed by atoms with Crippen LogP contribution in [0, 0.1) is 0 Å². The summed E-state index contributed by atoms with van der Waals surface area (Å²) >= 11 is 0. The lowest BCUT2D eigenvalue weighted by molar-refractivity contribution is 0.0266. The fraction of sp³-hybridized carbons (Fsp3) is 1.00. The highest BCUT2D eigenvalue weighted by molar-refractivity contribution is 4.88. The summed E-state index contributed by atoms with van der Waals surface area (Å²) in [6.07, 6.45) is 12.5. The van der Waals surface area contributed by atoms with Crippen LogP contribution < -0.4 is 5.73 Å². The first kappa shape index (κ1) is 16.3. The molecule has 2 unspecified atom stereocenters. The second-order valence-corrected chi connectivity index (χ2v) is 6.77. The molecule has 2 heterocycles. The maximum Gasteiger partial charge on any atom is 0.0223 e. The second-order valence-electron chi connectivity index (χ2n) is 6.77. The number of piperazine rings is 1. The van der Waals surface area contributed by atoms with Crippen molar-refractivity contribution in [2.75, 3.05) is 32.7 Å². The zero-order valence-electron chi connectivity index (χ0n) is 13.5. The van der Waals surface area contributed by atoms with E-state index < -0.39 is 0 Å². The highest BCUT2D eigenvalue weighted by atomic mass is 15.3. The van der Waals surface area contributed by atoms with Crippen molar-refractivity contribution in [2.24, 2.45) is 5.73 Å². The first-order chi connectivity index (χ1) is 9.85. The number of nitrogens with zero attached hydrogens (tertiary/aromatic N) is 2. The molecule has 2 rings (SSSR count). The minimum atomic E-state index is 0.640. The van der Waals surface area contributed by atoms with Crippen molar-refractivity contribution in [1.82, 2.24) is 9.80 Å². The Morgan fingerprint density at radius 3 is 2.70 bits per heavy atom. The first-order valence-corrected chi connectivity index (χ1v) is 9.03. The van der Waals surface area contributed by atoms with Crippen LogP contribution in [-0.2, 0) is 0 Å². The smallest absolute Gasteiger partial charge is 0.0223 e. The van der Waals surface area contributed by atoms with E-state index in [4.69, 9.17) is 5.73 Å². The summed E-state index contributed by atoms with van der Waals surface area (Å²) < 4.78 is 0. The molecule has 2 fully saturated rings. The molecule has 0 radical (unpaired) electrons. The van der Waals surface area contributed by atoms with Gasteiger partial charge < -0.3 is 5.73 Å². The van der Waals surface area contributed by atoms with E-state index in [0.717, 1.165) is 12.6 Å². The molecule has 0 bridgehead atoms. The summed E-state index contributed by atoms with van der Waals surface area (Å²) in [6, 6.07) is 1.47. The molecule has 0 aliphatic carbocycles. The number of fused-ring (bicyclic) bond motifs is 1. The van der Waals surface area contributed by atoms with Crippen LogP contribution in [0.4, 0.5) is 0 Å². The maximum absolute atomic E-state index is 6.06. The third-order valence-electron chi connectivity index (χ3n) is 5.30. The summed E-state index contributed by atoms with van der Waals surface area (Å²) in [5, 5.41) is 0. The average molecular weight is 281 g/mol. The molecule has 3 nitrogen and oxygen atoms in total. The fourth-order valence-corrected chi connectivity index (χ4v) is 3.94. The molecule has 0 aromatic carbocycles. The van der Waals surface area contributed by atoms with Gasteiger partial charge in [-0.15, -0.1) is 0 Å². The highest BCUT2D eigenvalue weighted by Gasteiger charge is 2.31. The normalized spacial score (nSPS) is 26.4. The first-order valence-electron chi connectivity index (χ1n) is 9.03. The van der Waals surface area contributed by atoms with Crippen molar-refractivity contribution in [3.8, 4) is 0 Å². The van der Waals surface area contributed by atoms with Crippen LogP contribution in [0.15, 0.2) is 0 Å². The van der Waals surface area contributed by atoms with Gasteiger partial charge in [0, 0.05) is 38.3 Å². The van der Waals surface area contributed by atoms with Gasteiger partial charge in [-0.3, -0.25) is 9.80 Å². The molecule has 3 heteroatoms. The van der Waals surface area contributed by atoms with Crippen LogP contribution in [0.1, 0.15) is 64.7 Å². The quantitative estimate of drug-likeness (QED) is 0.694. The Morgan fingerprint density at radius 2 is 1.90 bits per heavy atom. The van der Waals surface area contributed by atoms with E-state index in [2.05, 4.69) is 16.7 Å². The largest absolute Gasteiger partial charge is 0.329 e. The summed E-state index contributed by atoms with van der Waals surface area (Å²) in [7, 11) is 0. The Morgan fingerprint density at radius 1 is 1.05 bits per heavy atom. The fourth-order valence-electron chi connectivity index (χ4n) is 3.94. The maximum atomic E-state index is 6.06. The lowest BCUT2D eigenvalue weighted by Gasteiger charge is -2.46. The Bertz CT molecular complexity index is 257. The molecular formula is C17H35N3. The van der Waals surface area contributed by atoms with Crippen molar-refractivity contribution in [2.45, 2.75) is 76.8 Å². The van der Waals surface area contributed by atoms with Gasteiger partial charge in [-0.25, -0.2) is 0 Å². The van der Waals surface area contributed by atoms with Gasteiger partial charge in [-0.2, -0.15) is 0 Å². The van der Waals surface area contributed by atoms with Gasteiger partial charge in [0.05, 0.1) is 0 Å². The number of unbranched alkanes of at least 4 members (excludes halogenated alkanes) is 4. The van der Waals surface area contributed by atoms with Crippen LogP contribution in [0.3, 0.4) is 0 Å². The predicted octanol–water partition coefficient (Wildman–Crippen LogP) is 2.84. The number of piperidine rings is 1. The van der Waals surface area contributed by atoms with E-state index >= 15 is 0 Å². The molecule has 2 aliphatic heterocycles. The van der Waals surface area contributed by atoms with Gasteiger partial charge in [0.2, 0.25) is 0 Å². The second kappa shape index (κ2) is 9.01. The molecule has 0 amide bonds. The predicted molar refractivity (Wildman–Crippen MR) is 87.0 cm³/mol. The summed E-state index contributed by atoms with van der Waals surface area (Å²) in [4.78, 5) is 5.42. The molecule has 0 saturated carbocycles. The van der Waals surface area contributed by atoms with Gasteiger partial charge in [0.25, 0.3) is 0 Å². The average Bonchev–Trinajstić information content (AvgIpc) is 2.50. The molecule has 118 valence electrons. The van der Waals surface area contributed by atoms with Crippen molar-refractivity contribution < 1.29 is 0 Å². The van der Waals surface area contributed by atoms with Gasteiger partial charge in [-0.05, 0) is 25.8 Å². The van der Waals surface area contributed by atoms with E-state index in [1.54, 1.807) is 0 Å². The summed E-state index contributed by atoms with van der Waals surface area (Å²) in [5.74, 6) is 0. The molecule has 2 aliphatic rings. The zero-order chi connectivity index (χ0) is 14.2. The van der Waals surface area contributed by atoms with E-state index in [0.29, 0.717) is 6.04 Å². The molecule has 2 atom stereocenters. The number of hydrogen-bond acceptors (Lipinski definition) is 3. The lowest BCUT2D eigenvalue weighted by Crippen LogP contribution is -2.58. The summed E-state index contributed by atoms with van der Waals surface area (Å²) in [6.45, 7) is 8.26. The van der Waals surface area contributed by atoms with Crippen molar-refractivity contribution in [3.63, 3.8) is 0 Å². The minimum Gasteiger partial charge on any atom is -0.329 e. The van der Waals surface area contributed by atoms with Gasteiger partial charge >= 0.3 is 0 Å². The van der Waals surface area contributed by atoms with Crippen LogP contribution in [0.25, 0.3) is 0 Å². The van der Waals surface area contributed by atoms with E-state index in [1.165, 1.54) is 84.0 Å². The number of nitrogens with two attached hydrogens (primary N) is 1. The zero-order valence-corrected chi connectivity index (χ0v) is 13.5. The lowest BCUT2D eigenvalue weighted by atomic mass is 9.97. The van der Waals surface area contributed by atoms with Crippen molar-refractivity contribution in [3.05, 3.63) is 0 Å². The third kappa shape index (κ3) is 4.71. The molecule has 0 aromatic rings. The SMILES string of the molecule is CCCCCCCC(CN)N1CCN2CCCCC2C1. The molecule has 20 heavy (non-hydrogen) atoms. The van der Waals surface area contributed by atoms with Gasteiger partial charge in [-0.1, -0.05) is 45.4 Å². The van der Waals surface area contributed by atoms with E-state index in [9.17, 15) is 0 Å². The Hall–Kier alpha value is -0.120.